The Morgan fingerprint density at radius 1 is 1.12 bits per heavy atom. The molecule has 0 radical (unpaired) electrons. The first-order valence-corrected chi connectivity index (χ1v) is 10.2. The number of hydrogen-bond acceptors (Lipinski definition) is 4. The summed E-state index contributed by atoms with van der Waals surface area (Å²) in [7, 11) is 0. The van der Waals surface area contributed by atoms with Gasteiger partial charge in [0, 0.05) is 17.0 Å². The van der Waals surface area contributed by atoms with E-state index in [-0.39, 0.29) is 11.3 Å². The first kappa shape index (κ1) is 15.5. The van der Waals surface area contributed by atoms with Crippen molar-refractivity contribution in [3.05, 3.63) is 34.8 Å². The van der Waals surface area contributed by atoms with Gasteiger partial charge in [0.1, 0.15) is 5.01 Å². The minimum absolute atomic E-state index is 0.0736. The van der Waals surface area contributed by atoms with Gasteiger partial charge in [-0.2, -0.15) is 0 Å². The van der Waals surface area contributed by atoms with E-state index in [0.717, 1.165) is 53.4 Å². The molecule has 2 heterocycles. The quantitative estimate of drug-likeness (QED) is 0.902. The van der Waals surface area contributed by atoms with Crippen molar-refractivity contribution in [3.8, 4) is 11.4 Å². The van der Waals surface area contributed by atoms with Crippen molar-refractivity contribution in [1.82, 2.24) is 15.3 Å². The molecule has 1 N–H and O–H groups in total. The molecule has 0 aromatic carbocycles. The fourth-order valence-electron chi connectivity index (χ4n) is 5.76. The van der Waals surface area contributed by atoms with E-state index in [1.165, 1.54) is 19.3 Å². The van der Waals surface area contributed by atoms with Gasteiger partial charge in [0.2, 0.25) is 5.91 Å². The maximum absolute atomic E-state index is 13.0. The minimum atomic E-state index is -0.0736. The van der Waals surface area contributed by atoms with Crippen LogP contribution in [0.15, 0.2) is 29.8 Å². The summed E-state index contributed by atoms with van der Waals surface area (Å²) >= 11 is 1.60. The predicted octanol–water partition coefficient (Wildman–Crippen LogP) is 4.04. The highest BCUT2D eigenvalue weighted by Gasteiger charge is 2.54. The van der Waals surface area contributed by atoms with E-state index in [9.17, 15) is 4.79 Å². The maximum atomic E-state index is 13.0. The Morgan fingerprint density at radius 3 is 2.48 bits per heavy atom. The van der Waals surface area contributed by atoms with Gasteiger partial charge in [-0.3, -0.25) is 9.78 Å². The third kappa shape index (κ3) is 2.78. The van der Waals surface area contributed by atoms with Crippen LogP contribution in [-0.4, -0.2) is 15.9 Å². The monoisotopic (exact) mass is 353 g/mol. The molecule has 0 atom stereocenters. The van der Waals surface area contributed by atoms with Crippen molar-refractivity contribution in [2.75, 3.05) is 0 Å². The summed E-state index contributed by atoms with van der Waals surface area (Å²) in [5, 5.41) is 6.19. The molecule has 4 nitrogen and oxygen atoms in total. The lowest BCUT2D eigenvalue weighted by atomic mass is 9.49. The van der Waals surface area contributed by atoms with Crippen LogP contribution in [0.25, 0.3) is 11.4 Å². The van der Waals surface area contributed by atoms with E-state index in [1.807, 2.05) is 23.6 Å². The highest BCUT2D eigenvalue weighted by Crippen LogP contribution is 2.60. The largest absolute Gasteiger partial charge is 0.349 e. The molecule has 0 aliphatic heterocycles. The van der Waals surface area contributed by atoms with Crippen molar-refractivity contribution >= 4 is 17.2 Å². The number of thiazole rings is 1. The van der Waals surface area contributed by atoms with Crippen molar-refractivity contribution in [1.29, 1.82) is 0 Å². The van der Waals surface area contributed by atoms with Gasteiger partial charge >= 0.3 is 0 Å². The third-order valence-corrected chi connectivity index (χ3v) is 7.25. The molecular formula is C20H23N3OS. The number of nitrogens with one attached hydrogen (secondary N) is 1. The molecule has 0 saturated heterocycles. The van der Waals surface area contributed by atoms with E-state index in [0.29, 0.717) is 6.54 Å². The second-order valence-electron chi connectivity index (χ2n) is 8.22. The Balaban J connectivity index is 1.26. The van der Waals surface area contributed by atoms with Crippen LogP contribution >= 0.6 is 11.3 Å². The summed E-state index contributed by atoms with van der Waals surface area (Å²) in [6.07, 6.45) is 9.22. The first-order chi connectivity index (χ1) is 12.2. The second-order valence-corrected chi connectivity index (χ2v) is 9.16. The van der Waals surface area contributed by atoms with Gasteiger partial charge in [-0.15, -0.1) is 11.3 Å². The zero-order valence-corrected chi connectivity index (χ0v) is 15.1. The smallest absolute Gasteiger partial charge is 0.226 e. The second kappa shape index (κ2) is 5.90. The van der Waals surface area contributed by atoms with E-state index in [4.69, 9.17) is 0 Å². The summed E-state index contributed by atoms with van der Waals surface area (Å²) in [4.78, 5) is 22.0. The molecule has 25 heavy (non-hydrogen) atoms. The zero-order chi connectivity index (χ0) is 16.9. The van der Waals surface area contributed by atoms with Crippen LogP contribution in [-0.2, 0) is 11.3 Å². The third-order valence-electron chi connectivity index (χ3n) is 6.40. The molecule has 4 aliphatic carbocycles. The molecule has 4 aliphatic rings. The number of pyridine rings is 1. The normalized spacial score (nSPS) is 32.7. The Bertz CT molecular complexity index is 750. The standard InChI is InChI=1S/C20H23N3OS/c24-19(20-8-13-5-14(9-20)7-15(6-13)10-20)22-11-18-23-17(12-25-18)16-3-1-2-4-21-16/h1-4,12-15H,5-11H2,(H,22,24). The van der Waals surface area contributed by atoms with Crippen molar-refractivity contribution in [2.45, 2.75) is 45.1 Å². The highest BCUT2D eigenvalue weighted by atomic mass is 32.1. The summed E-state index contributed by atoms with van der Waals surface area (Å²) in [6, 6.07) is 5.84. The number of carbonyl (C=O) groups excluding carboxylic acids is 1. The number of amides is 1. The van der Waals surface area contributed by atoms with Gasteiger partial charge in [-0.05, 0) is 68.4 Å². The number of nitrogens with zero attached hydrogens (tertiary/aromatic N) is 2. The predicted molar refractivity (Wildman–Crippen MR) is 97.8 cm³/mol. The highest BCUT2D eigenvalue weighted by molar-refractivity contribution is 7.09. The van der Waals surface area contributed by atoms with Crippen LogP contribution in [0.5, 0.6) is 0 Å². The molecule has 6 rings (SSSR count). The van der Waals surface area contributed by atoms with Crippen LogP contribution in [0.1, 0.15) is 43.5 Å². The number of hydrogen-bond donors (Lipinski definition) is 1. The topological polar surface area (TPSA) is 54.9 Å². The Kier molecular flexibility index (Phi) is 3.66. The van der Waals surface area contributed by atoms with Gasteiger partial charge in [0.05, 0.1) is 17.9 Å². The van der Waals surface area contributed by atoms with Gasteiger partial charge in [-0.25, -0.2) is 4.98 Å². The first-order valence-electron chi connectivity index (χ1n) is 9.34. The van der Waals surface area contributed by atoms with Gasteiger partial charge in [0.15, 0.2) is 0 Å². The fourth-order valence-corrected chi connectivity index (χ4v) is 6.48. The maximum Gasteiger partial charge on any atom is 0.226 e. The SMILES string of the molecule is O=C(NCc1nc(-c2ccccn2)cs1)C12CC3CC(CC(C3)C1)C2. The number of rotatable bonds is 4. The molecule has 2 aromatic rings. The molecule has 4 fully saturated rings. The fraction of sp³-hybridized carbons (Fsp3) is 0.550. The lowest BCUT2D eigenvalue weighted by Crippen LogP contribution is -2.53. The molecule has 130 valence electrons. The van der Waals surface area contributed by atoms with Crippen LogP contribution in [0, 0.1) is 23.2 Å². The van der Waals surface area contributed by atoms with E-state index < -0.39 is 0 Å². The molecule has 0 spiro atoms. The minimum Gasteiger partial charge on any atom is -0.349 e. The number of aromatic nitrogens is 2. The number of carbonyl (C=O) groups is 1. The lowest BCUT2D eigenvalue weighted by Gasteiger charge is -2.55. The van der Waals surface area contributed by atoms with Gasteiger partial charge < -0.3 is 5.32 Å². The molecule has 4 saturated carbocycles. The summed E-state index contributed by atoms with van der Waals surface area (Å²) < 4.78 is 0. The van der Waals surface area contributed by atoms with Gasteiger partial charge in [-0.1, -0.05) is 6.07 Å². The van der Waals surface area contributed by atoms with Crippen LogP contribution in [0.3, 0.4) is 0 Å². The van der Waals surface area contributed by atoms with E-state index in [1.54, 1.807) is 17.5 Å². The van der Waals surface area contributed by atoms with Gasteiger partial charge in [0.25, 0.3) is 0 Å². The zero-order valence-electron chi connectivity index (χ0n) is 14.3. The summed E-state index contributed by atoms with van der Waals surface area (Å²) in [6.45, 7) is 0.540. The average molecular weight is 353 g/mol. The van der Waals surface area contributed by atoms with Crippen LogP contribution in [0.4, 0.5) is 0 Å². The van der Waals surface area contributed by atoms with Crippen LogP contribution < -0.4 is 5.32 Å². The molecule has 1 amide bonds. The van der Waals surface area contributed by atoms with Crippen molar-refractivity contribution in [3.63, 3.8) is 0 Å². The molecule has 5 heteroatoms. The average Bonchev–Trinajstić information content (AvgIpc) is 3.08. The summed E-state index contributed by atoms with van der Waals surface area (Å²) in [5.41, 5.74) is 1.71. The molecular weight excluding hydrogens is 330 g/mol. The molecule has 0 unspecified atom stereocenters. The molecule has 2 aromatic heterocycles. The van der Waals surface area contributed by atoms with Crippen molar-refractivity contribution in [2.24, 2.45) is 23.2 Å². The summed E-state index contributed by atoms with van der Waals surface area (Å²) in [5.74, 6) is 2.68. The lowest BCUT2D eigenvalue weighted by molar-refractivity contribution is -0.146. The Hall–Kier alpha value is -1.75. The van der Waals surface area contributed by atoms with E-state index >= 15 is 0 Å². The Labute approximate surface area is 152 Å². The van der Waals surface area contributed by atoms with Crippen LogP contribution in [0.2, 0.25) is 0 Å². The Morgan fingerprint density at radius 2 is 1.84 bits per heavy atom. The van der Waals surface area contributed by atoms with Crippen molar-refractivity contribution < 1.29 is 4.79 Å². The van der Waals surface area contributed by atoms with E-state index in [2.05, 4.69) is 15.3 Å². The molecule has 4 bridgehead atoms.